The Bertz CT molecular complexity index is 1290. The standard InChI is InChI=1S/C22H21FN6O2S/c1-31-16-9-8-14(29-24-10-11-25-29)18(19(16)23)22(30)28-12-4-6-15(28)21-26-13-5-3-7-17(32-2)20(13)27-21/h3,5,7-11,15H,4,6,12H2,1-2H3,(H,26,27). The van der Waals surface area contributed by atoms with Gasteiger partial charge in [-0.15, -0.1) is 11.8 Å². The summed E-state index contributed by atoms with van der Waals surface area (Å²) in [5.41, 5.74) is 1.94. The van der Waals surface area contributed by atoms with Crippen molar-refractivity contribution in [2.45, 2.75) is 23.8 Å². The number of carbonyl (C=O) groups is 1. The van der Waals surface area contributed by atoms with Crippen molar-refractivity contribution < 1.29 is 13.9 Å². The van der Waals surface area contributed by atoms with Crippen molar-refractivity contribution in [3.8, 4) is 11.4 Å². The van der Waals surface area contributed by atoms with Crippen molar-refractivity contribution in [1.82, 2.24) is 29.9 Å². The number of ether oxygens (including phenoxy) is 1. The number of rotatable bonds is 5. The molecule has 2 aromatic carbocycles. The number of nitrogens with one attached hydrogen (secondary N) is 1. The normalized spacial score (nSPS) is 16.1. The molecule has 3 heterocycles. The Hall–Kier alpha value is -3.40. The summed E-state index contributed by atoms with van der Waals surface area (Å²) in [7, 11) is 1.37. The number of carbonyl (C=O) groups excluding carboxylic acids is 1. The quantitative estimate of drug-likeness (QED) is 0.461. The van der Waals surface area contributed by atoms with E-state index in [9.17, 15) is 4.79 Å². The number of benzene rings is 2. The Morgan fingerprint density at radius 1 is 1.25 bits per heavy atom. The molecule has 5 rings (SSSR count). The molecule has 10 heteroatoms. The molecular weight excluding hydrogens is 431 g/mol. The Morgan fingerprint density at radius 3 is 2.81 bits per heavy atom. The number of thioether (sulfide) groups is 1. The van der Waals surface area contributed by atoms with Gasteiger partial charge in [0, 0.05) is 11.4 Å². The van der Waals surface area contributed by atoms with E-state index < -0.39 is 11.7 Å². The predicted molar refractivity (Wildman–Crippen MR) is 119 cm³/mol. The number of para-hydroxylation sites is 1. The van der Waals surface area contributed by atoms with Gasteiger partial charge in [-0.25, -0.2) is 9.37 Å². The molecule has 32 heavy (non-hydrogen) atoms. The summed E-state index contributed by atoms with van der Waals surface area (Å²) in [5.74, 6) is -0.475. The Kier molecular flexibility index (Phi) is 5.30. The summed E-state index contributed by atoms with van der Waals surface area (Å²) in [6, 6.07) is 8.71. The summed E-state index contributed by atoms with van der Waals surface area (Å²) in [6.07, 6.45) is 6.50. The van der Waals surface area contributed by atoms with E-state index in [1.54, 1.807) is 22.7 Å². The first-order chi connectivity index (χ1) is 15.6. The maximum atomic E-state index is 15.4. The molecule has 1 unspecified atom stereocenters. The number of amides is 1. The van der Waals surface area contributed by atoms with Gasteiger partial charge in [0.1, 0.15) is 17.1 Å². The summed E-state index contributed by atoms with van der Waals surface area (Å²) in [6.45, 7) is 0.499. The van der Waals surface area contributed by atoms with Crippen LogP contribution in [-0.2, 0) is 0 Å². The lowest BCUT2D eigenvalue weighted by molar-refractivity contribution is 0.0724. The van der Waals surface area contributed by atoms with Crippen LogP contribution in [0.15, 0.2) is 47.6 Å². The fraction of sp³-hybridized carbons (Fsp3) is 0.273. The van der Waals surface area contributed by atoms with Crippen LogP contribution in [0.1, 0.15) is 35.1 Å². The monoisotopic (exact) mass is 452 g/mol. The second-order valence-electron chi connectivity index (χ2n) is 7.43. The van der Waals surface area contributed by atoms with Gasteiger partial charge < -0.3 is 14.6 Å². The van der Waals surface area contributed by atoms with Gasteiger partial charge in [-0.05, 0) is 43.4 Å². The van der Waals surface area contributed by atoms with Crippen LogP contribution in [0, 0.1) is 5.82 Å². The van der Waals surface area contributed by atoms with Crippen LogP contribution in [0.4, 0.5) is 4.39 Å². The predicted octanol–water partition coefficient (Wildman–Crippen LogP) is 3.99. The lowest BCUT2D eigenvalue weighted by atomic mass is 10.1. The lowest BCUT2D eigenvalue weighted by Crippen LogP contribution is -2.33. The average Bonchev–Trinajstić information content (AvgIpc) is 3.57. The molecule has 1 N–H and O–H groups in total. The number of hydrogen-bond donors (Lipinski definition) is 1. The van der Waals surface area contributed by atoms with Crippen molar-refractivity contribution in [2.75, 3.05) is 19.9 Å². The molecule has 1 aliphatic rings. The first kappa shape index (κ1) is 20.5. The number of aromatic nitrogens is 5. The van der Waals surface area contributed by atoms with Crippen LogP contribution in [-0.4, -0.2) is 55.7 Å². The number of nitrogens with zero attached hydrogens (tertiary/aromatic N) is 5. The molecule has 0 aliphatic carbocycles. The molecular formula is C22H21FN6O2S. The van der Waals surface area contributed by atoms with E-state index in [4.69, 9.17) is 9.72 Å². The largest absolute Gasteiger partial charge is 0.494 e. The number of hydrogen-bond acceptors (Lipinski definition) is 6. The summed E-state index contributed by atoms with van der Waals surface area (Å²) in [4.78, 5) is 25.8. The molecule has 2 aromatic heterocycles. The molecule has 1 amide bonds. The van der Waals surface area contributed by atoms with Crippen LogP contribution in [0.25, 0.3) is 16.7 Å². The molecule has 164 valence electrons. The smallest absolute Gasteiger partial charge is 0.259 e. The second kappa shape index (κ2) is 8.27. The number of methoxy groups -OCH3 is 1. The summed E-state index contributed by atoms with van der Waals surface area (Å²) in [5, 5.41) is 8.17. The van der Waals surface area contributed by atoms with Crippen LogP contribution >= 0.6 is 11.8 Å². The molecule has 1 atom stereocenters. The maximum absolute atomic E-state index is 15.4. The zero-order chi connectivity index (χ0) is 22.2. The van der Waals surface area contributed by atoms with Gasteiger partial charge in [-0.1, -0.05) is 6.07 Å². The van der Waals surface area contributed by atoms with Crippen LogP contribution in [0.3, 0.4) is 0 Å². The van der Waals surface area contributed by atoms with Crippen molar-refractivity contribution in [2.24, 2.45) is 0 Å². The highest BCUT2D eigenvalue weighted by molar-refractivity contribution is 7.98. The Labute approximate surface area is 187 Å². The van der Waals surface area contributed by atoms with Crippen molar-refractivity contribution in [3.63, 3.8) is 0 Å². The third-order valence-corrected chi connectivity index (χ3v) is 6.48. The van der Waals surface area contributed by atoms with E-state index in [1.165, 1.54) is 30.4 Å². The number of aromatic amines is 1. The Morgan fingerprint density at radius 2 is 2.06 bits per heavy atom. The molecule has 0 bridgehead atoms. The lowest BCUT2D eigenvalue weighted by Gasteiger charge is -2.24. The number of imidazole rings is 1. The SMILES string of the molecule is COc1ccc(-n2nccn2)c(C(=O)N2CCCC2c2nc3cccc(SC)c3[nH]2)c1F. The van der Waals surface area contributed by atoms with Gasteiger partial charge >= 0.3 is 0 Å². The first-order valence-electron chi connectivity index (χ1n) is 10.2. The molecule has 0 radical (unpaired) electrons. The molecule has 8 nitrogen and oxygen atoms in total. The van der Waals surface area contributed by atoms with Crippen molar-refractivity contribution >= 4 is 28.7 Å². The third kappa shape index (κ3) is 3.31. The van der Waals surface area contributed by atoms with E-state index >= 15 is 4.39 Å². The van der Waals surface area contributed by atoms with E-state index in [-0.39, 0.29) is 23.0 Å². The third-order valence-electron chi connectivity index (χ3n) is 5.70. The van der Waals surface area contributed by atoms with E-state index in [0.29, 0.717) is 12.4 Å². The van der Waals surface area contributed by atoms with Gasteiger partial charge in [0.25, 0.3) is 5.91 Å². The van der Waals surface area contributed by atoms with Gasteiger partial charge in [-0.2, -0.15) is 15.0 Å². The number of halogens is 1. The highest BCUT2D eigenvalue weighted by atomic mass is 32.2. The van der Waals surface area contributed by atoms with Crippen LogP contribution in [0.2, 0.25) is 0 Å². The zero-order valence-corrected chi connectivity index (χ0v) is 18.4. The van der Waals surface area contributed by atoms with Gasteiger partial charge in [0.2, 0.25) is 0 Å². The summed E-state index contributed by atoms with van der Waals surface area (Å²) >= 11 is 1.63. The topological polar surface area (TPSA) is 88.9 Å². The van der Waals surface area contributed by atoms with E-state index in [0.717, 1.165) is 28.8 Å². The molecule has 1 aliphatic heterocycles. The number of likely N-dealkylation sites (tertiary alicyclic amines) is 1. The van der Waals surface area contributed by atoms with Crippen molar-refractivity contribution in [3.05, 3.63) is 59.9 Å². The van der Waals surface area contributed by atoms with Crippen molar-refractivity contribution in [1.29, 1.82) is 0 Å². The molecule has 1 fully saturated rings. The molecule has 0 spiro atoms. The van der Waals surface area contributed by atoms with Crippen LogP contribution in [0.5, 0.6) is 5.75 Å². The number of H-pyrrole nitrogens is 1. The number of fused-ring (bicyclic) bond motifs is 1. The van der Waals surface area contributed by atoms with Gasteiger partial charge in [0.15, 0.2) is 11.6 Å². The average molecular weight is 453 g/mol. The highest BCUT2D eigenvalue weighted by Crippen LogP contribution is 2.36. The fourth-order valence-corrected chi connectivity index (χ4v) is 4.78. The fourth-order valence-electron chi connectivity index (χ4n) is 4.20. The zero-order valence-electron chi connectivity index (χ0n) is 17.6. The minimum absolute atomic E-state index is 0.00616. The van der Waals surface area contributed by atoms with E-state index in [1.807, 2.05) is 24.5 Å². The minimum atomic E-state index is -0.729. The van der Waals surface area contributed by atoms with Gasteiger partial charge in [-0.3, -0.25) is 4.79 Å². The highest BCUT2D eigenvalue weighted by Gasteiger charge is 2.36. The summed E-state index contributed by atoms with van der Waals surface area (Å²) < 4.78 is 20.5. The minimum Gasteiger partial charge on any atom is -0.494 e. The van der Waals surface area contributed by atoms with Gasteiger partial charge in [0.05, 0.1) is 36.6 Å². The molecule has 0 saturated carbocycles. The second-order valence-corrected chi connectivity index (χ2v) is 8.28. The first-order valence-corrected chi connectivity index (χ1v) is 11.4. The molecule has 4 aromatic rings. The van der Waals surface area contributed by atoms with Crippen LogP contribution < -0.4 is 4.74 Å². The molecule has 1 saturated heterocycles. The Balaban J connectivity index is 1.57. The maximum Gasteiger partial charge on any atom is 0.259 e. The van der Waals surface area contributed by atoms with E-state index in [2.05, 4.69) is 15.2 Å².